The monoisotopic (exact) mass is 290 g/mol. The van der Waals surface area contributed by atoms with E-state index in [9.17, 15) is 15.0 Å². The first-order valence-electron chi connectivity index (χ1n) is 6.33. The molecule has 116 valence electrons. The molecule has 0 spiro atoms. The quantitative estimate of drug-likeness (QED) is 0.381. The Labute approximate surface area is 118 Å². The lowest BCUT2D eigenvalue weighted by molar-refractivity contribution is -0.414. The van der Waals surface area contributed by atoms with Crippen molar-refractivity contribution in [2.75, 3.05) is 39.6 Å². The third kappa shape index (κ3) is 4.53. The van der Waals surface area contributed by atoms with E-state index in [1.165, 1.54) is 0 Å². The Hall–Kier alpha value is -0.990. The number of esters is 1. The van der Waals surface area contributed by atoms with Crippen LogP contribution in [-0.4, -0.2) is 61.8 Å². The second kappa shape index (κ2) is 7.14. The molecule has 0 atom stereocenters. The molecule has 0 aromatic rings. The van der Waals surface area contributed by atoms with Crippen LogP contribution in [0.25, 0.3) is 0 Å². The molecule has 0 bridgehead atoms. The SMILES string of the molecule is C=C(C)C(=O)OCCOC1(C)OCC(CO)(CO)CO1. The largest absolute Gasteiger partial charge is 0.460 e. The van der Waals surface area contributed by atoms with Crippen LogP contribution < -0.4 is 0 Å². The Balaban J connectivity index is 2.31. The molecular weight excluding hydrogens is 268 g/mol. The van der Waals surface area contributed by atoms with E-state index < -0.39 is 17.4 Å². The smallest absolute Gasteiger partial charge is 0.333 e. The van der Waals surface area contributed by atoms with Crippen molar-refractivity contribution in [3.05, 3.63) is 12.2 Å². The molecule has 1 aliphatic heterocycles. The van der Waals surface area contributed by atoms with Gasteiger partial charge in [0, 0.05) is 12.5 Å². The minimum Gasteiger partial charge on any atom is -0.460 e. The average Bonchev–Trinajstić information content (AvgIpc) is 2.45. The van der Waals surface area contributed by atoms with Gasteiger partial charge in [0.2, 0.25) is 0 Å². The van der Waals surface area contributed by atoms with E-state index >= 15 is 0 Å². The zero-order chi connectivity index (χ0) is 15.2. The van der Waals surface area contributed by atoms with Gasteiger partial charge in [0.25, 0.3) is 5.97 Å². The molecule has 7 heteroatoms. The van der Waals surface area contributed by atoms with Gasteiger partial charge < -0.3 is 29.2 Å². The summed E-state index contributed by atoms with van der Waals surface area (Å²) in [5, 5.41) is 18.4. The van der Waals surface area contributed by atoms with Crippen molar-refractivity contribution in [3.63, 3.8) is 0 Å². The standard InChI is InChI=1S/C13H22O7/c1-10(2)11(16)17-4-5-18-12(3)19-8-13(6-14,7-15)9-20-12/h14-15H,1,4-9H2,2-3H3. The molecule has 20 heavy (non-hydrogen) atoms. The van der Waals surface area contributed by atoms with E-state index in [0.29, 0.717) is 5.57 Å². The summed E-state index contributed by atoms with van der Waals surface area (Å²) in [5.74, 6) is -1.76. The maximum atomic E-state index is 11.1. The van der Waals surface area contributed by atoms with Crippen molar-refractivity contribution in [2.45, 2.75) is 19.8 Å². The lowest BCUT2D eigenvalue weighted by Crippen LogP contribution is -2.53. The van der Waals surface area contributed by atoms with Crippen LogP contribution in [0.1, 0.15) is 13.8 Å². The highest BCUT2D eigenvalue weighted by molar-refractivity contribution is 5.86. The highest BCUT2D eigenvalue weighted by Gasteiger charge is 2.42. The fourth-order valence-corrected chi connectivity index (χ4v) is 1.45. The zero-order valence-electron chi connectivity index (χ0n) is 11.9. The third-order valence-electron chi connectivity index (χ3n) is 2.98. The molecule has 0 amide bonds. The summed E-state index contributed by atoms with van der Waals surface area (Å²) in [7, 11) is 0. The van der Waals surface area contributed by atoms with Gasteiger partial charge in [-0.3, -0.25) is 0 Å². The highest BCUT2D eigenvalue weighted by Crippen LogP contribution is 2.30. The second-order valence-electron chi connectivity index (χ2n) is 5.02. The van der Waals surface area contributed by atoms with Gasteiger partial charge >= 0.3 is 5.97 Å². The van der Waals surface area contributed by atoms with Crippen molar-refractivity contribution in [3.8, 4) is 0 Å². The van der Waals surface area contributed by atoms with Crippen LogP contribution in [0.2, 0.25) is 0 Å². The summed E-state index contributed by atoms with van der Waals surface area (Å²) in [6, 6.07) is 0. The third-order valence-corrected chi connectivity index (χ3v) is 2.98. The summed E-state index contributed by atoms with van der Waals surface area (Å²) in [4.78, 5) is 11.1. The van der Waals surface area contributed by atoms with Crippen LogP contribution in [0.4, 0.5) is 0 Å². The summed E-state index contributed by atoms with van der Waals surface area (Å²) in [5.41, 5.74) is -0.494. The maximum absolute atomic E-state index is 11.1. The predicted octanol–water partition coefficient (Wildman–Crippen LogP) is -0.186. The first-order chi connectivity index (χ1) is 9.36. The molecule has 0 saturated carbocycles. The van der Waals surface area contributed by atoms with Gasteiger partial charge in [-0.1, -0.05) is 6.58 Å². The number of hydrogen-bond donors (Lipinski definition) is 2. The Morgan fingerprint density at radius 3 is 2.25 bits per heavy atom. The fraction of sp³-hybridized carbons (Fsp3) is 0.769. The first-order valence-corrected chi connectivity index (χ1v) is 6.33. The number of aliphatic hydroxyl groups excluding tert-OH is 2. The van der Waals surface area contributed by atoms with Gasteiger partial charge in [0.15, 0.2) is 0 Å². The van der Waals surface area contributed by atoms with Crippen molar-refractivity contribution in [2.24, 2.45) is 5.41 Å². The van der Waals surface area contributed by atoms with E-state index in [-0.39, 0.29) is 39.6 Å². The number of aliphatic hydroxyl groups is 2. The van der Waals surface area contributed by atoms with Crippen LogP contribution in [0.3, 0.4) is 0 Å². The number of rotatable bonds is 7. The summed E-state index contributed by atoms with van der Waals surface area (Å²) in [6.45, 7) is 6.49. The Morgan fingerprint density at radius 2 is 1.80 bits per heavy atom. The van der Waals surface area contributed by atoms with E-state index in [2.05, 4.69) is 6.58 Å². The molecule has 2 N–H and O–H groups in total. The fourth-order valence-electron chi connectivity index (χ4n) is 1.45. The highest BCUT2D eigenvalue weighted by atomic mass is 16.9. The predicted molar refractivity (Wildman–Crippen MR) is 68.6 cm³/mol. The van der Waals surface area contributed by atoms with Crippen molar-refractivity contribution in [1.82, 2.24) is 0 Å². The summed E-state index contributed by atoms with van der Waals surface area (Å²) >= 11 is 0. The van der Waals surface area contributed by atoms with Gasteiger partial charge in [-0.2, -0.15) is 0 Å². The molecule has 1 saturated heterocycles. The normalized spacial score (nSPS) is 20.4. The molecule has 0 aromatic carbocycles. The molecule has 0 aliphatic carbocycles. The zero-order valence-corrected chi connectivity index (χ0v) is 11.9. The van der Waals surface area contributed by atoms with Crippen molar-refractivity contribution in [1.29, 1.82) is 0 Å². The maximum Gasteiger partial charge on any atom is 0.333 e. The lowest BCUT2D eigenvalue weighted by atomic mass is 9.92. The molecule has 1 rings (SSSR count). The number of ether oxygens (including phenoxy) is 4. The molecule has 0 radical (unpaired) electrons. The second-order valence-corrected chi connectivity index (χ2v) is 5.02. The lowest BCUT2D eigenvalue weighted by Gasteiger charge is -2.42. The van der Waals surface area contributed by atoms with E-state index in [1.807, 2.05) is 0 Å². The van der Waals surface area contributed by atoms with E-state index in [4.69, 9.17) is 18.9 Å². The van der Waals surface area contributed by atoms with Crippen LogP contribution in [-0.2, 0) is 23.7 Å². The Morgan fingerprint density at radius 1 is 1.25 bits per heavy atom. The molecule has 1 aliphatic rings. The van der Waals surface area contributed by atoms with Gasteiger partial charge in [-0.15, -0.1) is 0 Å². The van der Waals surface area contributed by atoms with Gasteiger partial charge in [0.05, 0.1) is 38.4 Å². The Kier molecular flexibility index (Phi) is 6.09. The molecular formula is C13H22O7. The molecule has 0 aromatic heterocycles. The van der Waals surface area contributed by atoms with Crippen LogP contribution in [0.5, 0.6) is 0 Å². The van der Waals surface area contributed by atoms with Crippen LogP contribution in [0.15, 0.2) is 12.2 Å². The number of hydrogen-bond acceptors (Lipinski definition) is 7. The van der Waals surface area contributed by atoms with E-state index in [0.717, 1.165) is 0 Å². The molecule has 0 unspecified atom stereocenters. The van der Waals surface area contributed by atoms with Crippen molar-refractivity contribution < 1.29 is 34.0 Å². The Bertz CT molecular complexity index is 339. The molecule has 1 fully saturated rings. The topological polar surface area (TPSA) is 94.5 Å². The van der Waals surface area contributed by atoms with Gasteiger partial charge in [-0.05, 0) is 6.92 Å². The van der Waals surface area contributed by atoms with Crippen LogP contribution >= 0.6 is 0 Å². The van der Waals surface area contributed by atoms with E-state index in [1.54, 1.807) is 13.8 Å². The minimum atomic E-state index is -1.27. The van der Waals surface area contributed by atoms with Gasteiger partial charge in [0.1, 0.15) is 6.61 Å². The average molecular weight is 290 g/mol. The van der Waals surface area contributed by atoms with Crippen molar-refractivity contribution >= 4 is 5.97 Å². The number of carbonyl (C=O) groups is 1. The summed E-state index contributed by atoms with van der Waals surface area (Å²) in [6.07, 6.45) is 0. The van der Waals surface area contributed by atoms with Gasteiger partial charge in [-0.25, -0.2) is 4.79 Å². The molecule has 1 heterocycles. The minimum absolute atomic E-state index is 0.0547. The van der Waals surface area contributed by atoms with Crippen LogP contribution in [0, 0.1) is 5.41 Å². The first kappa shape index (κ1) is 17.1. The molecule has 7 nitrogen and oxygen atoms in total. The summed E-state index contributed by atoms with van der Waals surface area (Å²) < 4.78 is 21.0. The number of carbonyl (C=O) groups excluding carboxylic acids is 1.